The predicted molar refractivity (Wildman–Crippen MR) is 77.8 cm³/mol. The van der Waals surface area contributed by atoms with E-state index in [2.05, 4.69) is 31.3 Å². The lowest BCUT2D eigenvalue weighted by atomic mass is 10.2. The smallest absolute Gasteiger partial charge is 0.222 e. The number of nitrogen functional groups attached to an aromatic ring is 1. The van der Waals surface area contributed by atoms with Gasteiger partial charge in [-0.3, -0.25) is 0 Å². The average Bonchev–Trinajstić information content (AvgIpc) is 2.39. The summed E-state index contributed by atoms with van der Waals surface area (Å²) in [6, 6.07) is 7.94. The average molecular weight is 323 g/mol. The van der Waals surface area contributed by atoms with Crippen LogP contribution in [0.2, 0.25) is 0 Å². The quantitative estimate of drug-likeness (QED) is 0.668. The molecule has 0 bridgehead atoms. The minimum atomic E-state index is 0.445. The molecule has 19 heavy (non-hydrogen) atoms. The summed E-state index contributed by atoms with van der Waals surface area (Å²) < 4.78 is 6.76. The second-order valence-electron chi connectivity index (χ2n) is 4.11. The number of nitrogens with one attached hydrogen (secondary N) is 1. The van der Waals surface area contributed by atoms with Crippen LogP contribution in [0.15, 0.2) is 28.7 Å². The second kappa shape index (κ2) is 5.99. The molecule has 1 heterocycles. The fourth-order valence-electron chi connectivity index (χ4n) is 1.66. The van der Waals surface area contributed by atoms with Crippen molar-refractivity contribution in [3.05, 3.63) is 45.7 Å². The lowest BCUT2D eigenvalue weighted by Gasteiger charge is -2.11. The highest BCUT2D eigenvalue weighted by Gasteiger charge is 2.09. The number of hydrogen-bond acceptors (Lipinski definition) is 5. The van der Waals surface area contributed by atoms with Crippen LogP contribution in [-0.2, 0) is 6.61 Å². The molecule has 5 nitrogen and oxygen atoms in total. The summed E-state index contributed by atoms with van der Waals surface area (Å²) in [6.45, 7) is 4.11. The number of aromatic nitrogens is 2. The van der Waals surface area contributed by atoms with Crippen molar-refractivity contribution in [2.45, 2.75) is 20.5 Å². The van der Waals surface area contributed by atoms with Crippen LogP contribution in [-0.4, -0.2) is 9.97 Å². The lowest BCUT2D eigenvalue weighted by molar-refractivity contribution is 0.290. The third-order valence-corrected chi connectivity index (χ3v) is 3.11. The van der Waals surface area contributed by atoms with E-state index in [-0.39, 0.29) is 0 Å². The van der Waals surface area contributed by atoms with Crippen LogP contribution in [0.3, 0.4) is 0 Å². The first-order chi connectivity index (χ1) is 9.10. The zero-order valence-electron chi connectivity index (χ0n) is 10.8. The number of benzene rings is 1. The number of rotatable bonds is 4. The molecule has 0 aliphatic rings. The molecule has 2 rings (SSSR count). The maximum Gasteiger partial charge on any atom is 0.222 e. The Balaban J connectivity index is 2.17. The first kappa shape index (κ1) is 13.8. The normalized spacial score (nSPS) is 10.3. The number of halogens is 1. The molecule has 0 atom stereocenters. The molecule has 0 aliphatic heterocycles. The molecule has 0 radical (unpaired) electrons. The van der Waals surface area contributed by atoms with Crippen molar-refractivity contribution < 1.29 is 4.74 Å². The van der Waals surface area contributed by atoms with Gasteiger partial charge in [0.05, 0.1) is 5.56 Å². The molecule has 100 valence electrons. The van der Waals surface area contributed by atoms with E-state index in [9.17, 15) is 0 Å². The third kappa shape index (κ3) is 3.42. The highest BCUT2D eigenvalue weighted by atomic mass is 79.9. The van der Waals surface area contributed by atoms with Crippen molar-refractivity contribution in [1.29, 1.82) is 0 Å². The standard InChI is InChI=1S/C13H15BrN4O/c1-8-12(18-15)16-9(2)17-13(8)19-7-10-4-3-5-11(14)6-10/h3-6H,7,15H2,1-2H3,(H,16,17,18). The Kier molecular flexibility index (Phi) is 4.34. The van der Waals surface area contributed by atoms with Gasteiger partial charge in [-0.2, -0.15) is 4.98 Å². The fraction of sp³-hybridized carbons (Fsp3) is 0.231. The Morgan fingerprint density at radius 1 is 1.32 bits per heavy atom. The molecule has 0 fully saturated rings. The van der Waals surface area contributed by atoms with Crippen molar-refractivity contribution in [2.24, 2.45) is 5.84 Å². The van der Waals surface area contributed by atoms with Crippen LogP contribution in [0, 0.1) is 13.8 Å². The van der Waals surface area contributed by atoms with Crippen molar-refractivity contribution in [3.8, 4) is 5.88 Å². The second-order valence-corrected chi connectivity index (χ2v) is 5.03. The fourth-order valence-corrected chi connectivity index (χ4v) is 2.11. The molecule has 0 spiro atoms. The van der Waals surface area contributed by atoms with Crippen molar-refractivity contribution >= 4 is 21.7 Å². The molecule has 3 N–H and O–H groups in total. The molecule has 0 saturated carbocycles. The largest absolute Gasteiger partial charge is 0.472 e. The molecule has 0 saturated heterocycles. The summed E-state index contributed by atoms with van der Waals surface area (Å²) in [6.07, 6.45) is 0. The Labute approximate surface area is 120 Å². The van der Waals surface area contributed by atoms with Gasteiger partial charge in [0, 0.05) is 4.47 Å². The minimum absolute atomic E-state index is 0.445. The summed E-state index contributed by atoms with van der Waals surface area (Å²) in [7, 11) is 0. The van der Waals surface area contributed by atoms with Crippen LogP contribution in [0.1, 0.15) is 17.0 Å². The van der Waals surface area contributed by atoms with E-state index in [0.29, 0.717) is 24.1 Å². The van der Waals surface area contributed by atoms with Crippen molar-refractivity contribution in [3.63, 3.8) is 0 Å². The summed E-state index contributed by atoms with van der Waals surface area (Å²) >= 11 is 3.43. The predicted octanol–water partition coefficient (Wildman–Crippen LogP) is 2.72. The van der Waals surface area contributed by atoms with E-state index in [1.54, 1.807) is 6.92 Å². The number of anilines is 1. The number of hydrogen-bond donors (Lipinski definition) is 2. The van der Waals surface area contributed by atoms with Gasteiger partial charge in [-0.15, -0.1) is 0 Å². The van der Waals surface area contributed by atoms with Crippen LogP contribution >= 0.6 is 15.9 Å². The van der Waals surface area contributed by atoms with E-state index in [0.717, 1.165) is 15.6 Å². The molecule has 0 unspecified atom stereocenters. The van der Waals surface area contributed by atoms with E-state index in [1.807, 2.05) is 31.2 Å². The summed E-state index contributed by atoms with van der Waals surface area (Å²) in [5.74, 6) is 7.15. The Bertz CT molecular complexity index is 589. The summed E-state index contributed by atoms with van der Waals surface area (Å²) in [5.41, 5.74) is 4.40. The number of hydrazine groups is 1. The van der Waals surface area contributed by atoms with Gasteiger partial charge in [-0.25, -0.2) is 10.8 Å². The summed E-state index contributed by atoms with van der Waals surface area (Å²) in [5, 5.41) is 0. The van der Waals surface area contributed by atoms with E-state index >= 15 is 0 Å². The Hall–Kier alpha value is -1.66. The topological polar surface area (TPSA) is 73.1 Å². The van der Waals surface area contributed by atoms with Gasteiger partial charge < -0.3 is 10.2 Å². The van der Waals surface area contributed by atoms with Gasteiger partial charge in [0.1, 0.15) is 18.2 Å². The molecule has 6 heteroatoms. The van der Waals surface area contributed by atoms with Gasteiger partial charge in [0.25, 0.3) is 0 Å². The van der Waals surface area contributed by atoms with Gasteiger partial charge >= 0.3 is 0 Å². The molecular formula is C13H15BrN4O. The molecule has 0 aliphatic carbocycles. The lowest BCUT2D eigenvalue weighted by Crippen LogP contribution is -2.13. The van der Waals surface area contributed by atoms with Crippen LogP contribution < -0.4 is 16.0 Å². The molecule has 0 amide bonds. The maximum atomic E-state index is 5.73. The van der Waals surface area contributed by atoms with Gasteiger partial charge in [0.15, 0.2) is 0 Å². The molecule has 1 aromatic carbocycles. The Morgan fingerprint density at radius 2 is 2.11 bits per heavy atom. The van der Waals surface area contributed by atoms with Gasteiger partial charge in [-0.1, -0.05) is 28.1 Å². The third-order valence-electron chi connectivity index (χ3n) is 2.61. The Morgan fingerprint density at radius 3 is 2.79 bits per heavy atom. The van der Waals surface area contributed by atoms with Crippen molar-refractivity contribution in [1.82, 2.24) is 9.97 Å². The first-order valence-electron chi connectivity index (χ1n) is 5.79. The monoisotopic (exact) mass is 322 g/mol. The van der Waals surface area contributed by atoms with E-state index < -0.39 is 0 Å². The van der Waals surface area contributed by atoms with Crippen LogP contribution in [0.4, 0.5) is 5.82 Å². The first-order valence-corrected chi connectivity index (χ1v) is 6.58. The number of ether oxygens (including phenoxy) is 1. The van der Waals surface area contributed by atoms with Crippen LogP contribution in [0.25, 0.3) is 0 Å². The zero-order valence-corrected chi connectivity index (χ0v) is 12.4. The number of nitrogens with zero attached hydrogens (tertiary/aromatic N) is 2. The number of aryl methyl sites for hydroxylation is 1. The molecule has 1 aromatic heterocycles. The summed E-state index contributed by atoms with van der Waals surface area (Å²) in [4.78, 5) is 8.46. The molecule has 2 aromatic rings. The highest BCUT2D eigenvalue weighted by Crippen LogP contribution is 2.22. The van der Waals surface area contributed by atoms with E-state index in [4.69, 9.17) is 10.6 Å². The number of nitrogens with two attached hydrogens (primary N) is 1. The van der Waals surface area contributed by atoms with E-state index in [1.165, 1.54) is 0 Å². The maximum absolute atomic E-state index is 5.73. The van der Waals surface area contributed by atoms with Gasteiger partial charge in [0.2, 0.25) is 5.88 Å². The van der Waals surface area contributed by atoms with Crippen molar-refractivity contribution in [2.75, 3.05) is 5.43 Å². The SMILES string of the molecule is Cc1nc(NN)c(C)c(OCc2cccc(Br)c2)n1. The van der Waals surface area contributed by atoms with Crippen LogP contribution in [0.5, 0.6) is 5.88 Å². The zero-order chi connectivity index (χ0) is 13.8. The molecular weight excluding hydrogens is 308 g/mol. The highest BCUT2D eigenvalue weighted by molar-refractivity contribution is 9.10. The van der Waals surface area contributed by atoms with Gasteiger partial charge in [-0.05, 0) is 31.5 Å². The minimum Gasteiger partial charge on any atom is -0.472 e.